The molecule has 2 aromatic carbocycles. The van der Waals surface area contributed by atoms with E-state index < -0.39 is 0 Å². The van der Waals surface area contributed by atoms with Gasteiger partial charge in [0.25, 0.3) is 5.91 Å². The summed E-state index contributed by atoms with van der Waals surface area (Å²) in [6.45, 7) is 7.62. The van der Waals surface area contributed by atoms with Crippen molar-refractivity contribution < 1.29 is 14.3 Å². The molecule has 1 saturated heterocycles. The molecule has 130 valence electrons. The van der Waals surface area contributed by atoms with Gasteiger partial charge in [-0.1, -0.05) is 17.7 Å². The lowest BCUT2D eigenvalue weighted by molar-refractivity contribution is 0.0746. The summed E-state index contributed by atoms with van der Waals surface area (Å²) in [5.41, 5.74) is 4.48. The van der Waals surface area contributed by atoms with Crippen LogP contribution in [0.25, 0.3) is 0 Å². The van der Waals surface area contributed by atoms with E-state index in [1.807, 2.05) is 17.0 Å². The summed E-state index contributed by atoms with van der Waals surface area (Å²) in [5.74, 6) is 1.41. The number of ether oxygens (including phenoxy) is 2. The Morgan fingerprint density at radius 3 is 2.44 bits per heavy atom. The minimum atomic E-state index is 0.0542. The first-order chi connectivity index (χ1) is 12.1. The van der Waals surface area contributed by atoms with Gasteiger partial charge in [0.1, 0.15) is 0 Å². The fourth-order valence-corrected chi connectivity index (χ4v) is 3.52. The molecule has 1 amide bonds. The van der Waals surface area contributed by atoms with Gasteiger partial charge in [0, 0.05) is 37.4 Å². The number of amides is 1. The molecule has 1 fully saturated rings. The Kier molecular flexibility index (Phi) is 3.99. The molecular weight excluding hydrogens is 316 g/mol. The number of anilines is 1. The summed E-state index contributed by atoms with van der Waals surface area (Å²) in [5, 5.41) is 0. The third kappa shape index (κ3) is 3.02. The second-order valence-electron chi connectivity index (χ2n) is 6.64. The van der Waals surface area contributed by atoms with Crippen molar-refractivity contribution in [1.29, 1.82) is 0 Å². The van der Waals surface area contributed by atoms with Gasteiger partial charge in [-0.15, -0.1) is 0 Å². The molecule has 2 aliphatic rings. The standard InChI is InChI=1S/C20H22N2O3/c1-14-3-5-17(15(2)11-14)21-7-9-22(10-8-21)20(23)16-4-6-18-19(12-16)25-13-24-18/h3-6,11-12H,7-10,13H2,1-2H3. The van der Waals surface area contributed by atoms with Gasteiger partial charge in [-0.05, 0) is 43.7 Å². The minimum Gasteiger partial charge on any atom is -0.454 e. The van der Waals surface area contributed by atoms with Crippen molar-refractivity contribution in [3.05, 3.63) is 53.1 Å². The van der Waals surface area contributed by atoms with Crippen molar-refractivity contribution in [2.24, 2.45) is 0 Å². The first-order valence-corrected chi connectivity index (χ1v) is 8.63. The largest absolute Gasteiger partial charge is 0.454 e. The average molecular weight is 338 g/mol. The Bertz CT molecular complexity index is 811. The fraction of sp³-hybridized carbons (Fsp3) is 0.350. The molecule has 0 bridgehead atoms. The van der Waals surface area contributed by atoms with Crippen LogP contribution in [0.1, 0.15) is 21.5 Å². The molecule has 4 rings (SSSR count). The highest BCUT2D eigenvalue weighted by Gasteiger charge is 2.24. The molecule has 2 aliphatic heterocycles. The maximum atomic E-state index is 12.8. The van der Waals surface area contributed by atoms with E-state index >= 15 is 0 Å². The van der Waals surface area contributed by atoms with E-state index in [-0.39, 0.29) is 12.7 Å². The molecule has 0 aromatic heterocycles. The third-order valence-corrected chi connectivity index (χ3v) is 4.88. The Morgan fingerprint density at radius 2 is 1.68 bits per heavy atom. The highest BCUT2D eigenvalue weighted by molar-refractivity contribution is 5.95. The number of carbonyl (C=O) groups is 1. The second-order valence-corrected chi connectivity index (χ2v) is 6.64. The number of aryl methyl sites for hydroxylation is 2. The zero-order chi connectivity index (χ0) is 17.4. The summed E-state index contributed by atoms with van der Waals surface area (Å²) >= 11 is 0. The van der Waals surface area contributed by atoms with Crippen LogP contribution in [0.4, 0.5) is 5.69 Å². The van der Waals surface area contributed by atoms with Crippen LogP contribution in [0.15, 0.2) is 36.4 Å². The van der Waals surface area contributed by atoms with Crippen LogP contribution in [0.3, 0.4) is 0 Å². The van der Waals surface area contributed by atoms with Crippen molar-refractivity contribution >= 4 is 11.6 Å². The Balaban J connectivity index is 1.44. The molecule has 0 aliphatic carbocycles. The number of nitrogens with zero attached hydrogens (tertiary/aromatic N) is 2. The second kappa shape index (κ2) is 6.31. The Morgan fingerprint density at radius 1 is 0.920 bits per heavy atom. The van der Waals surface area contributed by atoms with E-state index in [9.17, 15) is 4.79 Å². The molecule has 0 spiro atoms. The quantitative estimate of drug-likeness (QED) is 0.844. The van der Waals surface area contributed by atoms with E-state index in [1.54, 1.807) is 6.07 Å². The molecule has 5 nitrogen and oxygen atoms in total. The van der Waals surface area contributed by atoms with E-state index in [1.165, 1.54) is 16.8 Å². The molecule has 0 atom stereocenters. The third-order valence-electron chi connectivity index (χ3n) is 4.88. The van der Waals surface area contributed by atoms with Crippen LogP contribution in [0, 0.1) is 13.8 Å². The lowest BCUT2D eigenvalue weighted by Crippen LogP contribution is -2.49. The summed E-state index contributed by atoms with van der Waals surface area (Å²) in [6, 6.07) is 11.9. The molecular formula is C20H22N2O3. The number of carbonyl (C=O) groups excluding carboxylic acids is 1. The summed E-state index contributed by atoms with van der Waals surface area (Å²) < 4.78 is 10.7. The van der Waals surface area contributed by atoms with Gasteiger partial charge < -0.3 is 19.3 Å². The van der Waals surface area contributed by atoms with Crippen LogP contribution >= 0.6 is 0 Å². The van der Waals surface area contributed by atoms with Gasteiger partial charge in [-0.2, -0.15) is 0 Å². The number of rotatable bonds is 2. The maximum Gasteiger partial charge on any atom is 0.254 e. The van der Waals surface area contributed by atoms with Gasteiger partial charge in [0.2, 0.25) is 6.79 Å². The van der Waals surface area contributed by atoms with Crippen molar-refractivity contribution in [3.63, 3.8) is 0 Å². The van der Waals surface area contributed by atoms with Crippen LogP contribution in [0.2, 0.25) is 0 Å². The predicted molar refractivity (Wildman–Crippen MR) is 96.6 cm³/mol. The monoisotopic (exact) mass is 338 g/mol. The van der Waals surface area contributed by atoms with Gasteiger partial charge in [-0.25, -0.2) is 0 Å². The summed E-state index contributed by atoms with van der Waals surface area (Å²) in [7, 11) is 0. The SMILES string of the molecule is Cc1ccc(N2CCN(C(=O)c3ccc4c(c3)OCO4)CC2)c(C)c1. The van der Waals surface area contributed by atoms with Crippen molar-refractivity contribution in [1.82, 2.24) is 4.90 Å². The lowest BCUT2D eigenvalue weighted by Gasteiger charge is -2.37. The van der Waals surface area contributed by atoms with Crippen molar-refractivity contribution in [2.45, 2.75) is 13.8 Å². The van der Waals surface area contributed by atoms with Gasteiger partial charge >= 0.3 is 0 Å². The van der Waals surface area contributed by atoms with E-state index in [4.69, 9.17) is 9.47 Å². The summed E-state index contributed by atoms with van der Waals surface area (Å²) in [6.07, 6.45) is 0. The normalized spacial score (nSPS) is 16.2. The lowest BCUT2D eigenvalue weighted by atomic mass is 10.1. The van der Waals surface area contributed by atoms with Gasteiger partial charge in [-0.3, -0.25) is 4.79 Å². The number of benzene rings is 2. The van der Waals surface area contributed by atoms with Crippen molar-refractivity contribution in [2.75, 3.05) is 37.9 Å². The van der Waals surface area contributed by atoms with Gasteiger partial charge in [0.15, 0.2) is 11.5 Å². The molecule has 0 radical (unpaired) electrons. The average Bonchev–Trinajstić information content (AvgIpc) is 3.09. The maximum absolute atomic E-state index is 12.8. The van der Waals surface area contributed by atoms with Gasteiger partial charge in [0.05, 0.1) is 0 Å². The molecule has 5 heteroatoms. The van der Waals surface area contributed by atoms with Crippen LogP contribution in [0.5, 0.6) is 11.5 Å². The minimum absolute atomic E-state index is 0.0542. The first kappa shape index (κ1) is 15.8. The molecule has 25 heavy (non-hydrogen) atoms. The molecule has 2 heterocycles. The number of hydrogen-bond donors (Lipinski definition) is 0. The number of piperazine rings is 1. The van der Waals surface area contributed by atoms with E-state index in [2.05, 4.69) is 36.9 Å². The molecule has 0 unspecified atom stereocenters. The summed E-state index contributed by atoms with van der Waals surface area (Å²) in [4.78, 5) is 17.0. The highest BCUT2D eigenvalue weighted by atomic mass is 16.7. The molecule has 2 aromatic rings. The highest BCUT2D eigenvalue weighted by Crippen LogP contribution is 2.33. The van der Waals surface area contributed by atoms with Crippen LogP contribution in [-0.2, 0) is 0 Å². The zero-order valence-corrected chi connectivity index (χ0v) is 14.6. The van der Waals surface area contributed by atoms with E-state index in [0.29, 0.717) is 17.1 Å². The first-order valence-electron chi connectivity index (χ1n) is 8.63. The van der Waals surface area contributed by atoms with Crippen LogP contribution < -0.4 is 14.4 Å². The zero-order valence-electron chi connectivity index (χ0n) is 14.6. The molecule has 0 saturated carbocycles. The predicted octanol–water partition coefficient (Wildman–Crippen LogP) is 2.99. The van der Waals surface area contributed by atoms with E-state index in [0.717, 1.165) is 26.2 Å². The molecule has 0 N–H and O–H groups in total. The van der Waals surface area contributed by atoms with Crippen molar-refractivity contribution in [3.8, 4) is 11.5 Å². The topological polar surface area (TPSA) is 42.0 Å². The Hall–Kier alpha value is -2.69. The number of hydrogen-bond acceptors (Lipinski definition) is 4. The Labute approximate surface area is 147 Å². The smallest absolute Gasteiger partial charge is 0.254 e. The fourth-order valence-electron chi connectivity index (χ4n) is 3.52. The number of fused-ring (bicyclic) bond motifs is 1. The van der Waals surface area contributed by atoms with Crippen LogP contribution in [-0.4, -0.2) is 43.8 Å².